The van der Waals surface area contributed by atoms with Crippen molar-refractivity contribution >= 4 is 34.8 Å². The average Bonchev–Trinajstić information content (AvgIpc) is 2.39. The van der Waals surface area contributed by atoms with Crippen molar-refractivity contribution in [3.05, 3.63) is 28.8 Å². The number of halogens is 1. The molecule has 5 nitrogen and oxygen atoms in total. The van der Waals surface area contributed by atoms with E-state index in [1.54, 1.807) is 32.2 Å². The summed E-state index contributed by atoms with van der Waals surface area (Å²) in [7, 11) is 1.65. The van der Waals surface area contributed by atoms with E-state index in [9.17, 15) is 4.79 Å². The molecule has 0 radical (unpaired) electrons. The van der Waals surface area contributed by atoms with E-state index in [1.807, 2.05) is 6.92 Å². The van der Waals surface area contributed by atoms with E-state index in [-0.39, 0.29) is 5.91 Å². The van der Waals surface area contributed by atoms with Crippen LogP contribution in [0.2, 0.25) is 5.02 Å². The maximum atomic E-state index is 11.7. The molecule has 0 fully saturated rings. The molecule has 0 heterocycles. The topological polar surface area (TPSA) is 62.4 Å². The van der Waals surface area contributed by atoms with Crippen molar-refractivity contribution in [3.8, 4) is 5.75 Å². The molecule has 0 aliphatic heterocycles. The predicted molar refractivity (Wildman–Crippen MR) is 79.2 cm³/mol. The minimum absolute atomic E-state index is 0.322. The molecule has 0 spiro atoms. The Bertz CT molecular complexity index is 482. The van der Waals surface area contributed by atoms with Crippen molar-refractivity contribution < 1.29 is 9.53 Å². The lowest BCUT2D eigenvalue weighted by atomic mass is 10.2. The maximum Gasteiger partial charge on any atom is 0.279 e. The van der Waals surface area contributed by atoms with Crippen LogP contribution < -0.4 is 20.9 Å². The number of aryl methyl sites for hydroxylation is 1. The third kappa shape index (κ3) is 4.92. The Morgan fingerprint density at radius 3 is 2.68 bits per heavy atom. The molecule has 1 aromatic rings. The summed E-state index contributed by atoms with van der Waals surface area (Å²) in [6, 6.07) is 5.22. The lowest BCUT2D eigenvalue weighted by Crippen LogP contribution is -2.49. The number of carbonyl (C=O) groups excluding carboxylic acids is 1. The first-order chi connectivity index (χ1) is 8.93. The summed E-state index contributed by atoms with van der Waals surface area (Å²) in [6.45, 7) is 3.51. The van der Waals surface area contributed by atoms with Crippen LogP contribution in [0.15, 0.2) is 18.2 Å². The quantitative estimate of drug-likeness (QED) is 0.584. The zero-order valence-electron chi connectivity index (χ0n) is 10.9. The fourth-order valence-corrected chi connectivity index (χ4v) is 1.40. The first-order valence-electron chi connectivity index (χ1n) is 5.64. The van der Waals surface area contributed by atoms with Crippen molar-refractivity contribution in [3.63, 3.8) is 0 Å². The Morgan fingerprint density at radius 2 is 2.11 bits per heavy atom. The second kappa shape index (κ2) is 7.16. The summed E-state index contributed by atoms with van der Waals surface area (Å²) in [4.78, 5) is 11.7. The molecule has 0 bridgehead atoms. The monoisotopic (exact) mass is 301 g/mol. The summed E-state index contributed by atoms with van der Waals surface area (Å²) >= 11 is 10.7. The molecule has 1 aromatic carbocycles. The third-order valence-electron chi connectivity index (χ3n) is 2.34. The molecule has 19 heavy (non-hydrogen) atoms. The highest BCUT2D eigenvalue weighted by Crippen LogP contribution is 2.21. The van der Waals surface area contributed by atoms with Crippen LogP contribution in [0, 0.1) is 6.92 Å². The van der Waals surface area contributed by atoms with Gasteiger partial charge in [-0.1, -0.05) is 11.6 Å². The number of amides is 1. The smallest absolute Gasteiger partial charge is 0.279 e. The molecule has 1 atom stereocenters. The summed E-state index contributed by atoms with van der Waals surface area (Å²) < 4.78 is 5.50. The van der Waals surface area contributed by atoms with Crippen LogP contribution in [0.25, 0.3) is 0 Å². The normalized spacial score (nSPS) is 11.4. The Labute approximate surface area is 122 Å². The second-order valence-corrected chi connectivity index (χ2v) is 4.68. The molecule has 0 saturated carbocycles. The zero-order valence-corrected chi connectivity index (χ0v) is 12.5. The first-order valence-corrected chi connectivity index (χ1v) is 6.43. The van der Waals surface area contributed by atoms with Crippen molar-refractivity contribution in [1.29, 1.82) is 0 Å². The van der Waals surface area contributed by atoms with E-state index in [1.165, 1.54) is 0 Å². The van der Waals surface area contributed by atoms with Gasteiger partial charge in [0, 0.05) is 12.1 Å². The van der Waals surface area contributed by atoms with Crippen LogP contribution in [-0.2, 0) is 4.79 Å². The van der Waals surface area contributed by atoms with Crippen LogP contribution in [0.3, 0.4) is 0 Å². The van der Waals surface area contributed by atoms with Crippen molar-refractivity contribution in [2.75, 3.05) is 7.05 Å². The van der Waals surface area contributed by atoms with E-state index in [2.05, 4.69) is 16.2 Å². The highest BCUT2D eigenvalue weighted by atomic mass is 35.5. The van der Waals surface area contributed by atoms with Crippen LogP contribution in [0.4, 0.5) is 0 Å². The number of carbonyl (C=O) groups is 1. The number of benzene rings is 1. The van der Waals surface area contributed by atoms with Gasteiger partial charge >= 0.3 is 0 Å². The van der Waals surface area contributed by atoms with Crippen LogP contribution in [-0.4, -0.2) is 24.2 Å². The van der Waals surface area contributed by atoms with Crippen LogP contribution in [0.5, 0.6) is 5.75 Å². The molecule has 7 heteroatoms. The minimum atomic E-state index is -0.660. The molecule has 0 saturated heterocycles. The fourth-order valence-electron chi connectivity index (χ4n) is 1.23. The Morgan fingerprint density at radius 1 is 1.42 bits per heavy atom. The number of hydrazine groups is 1. The van der Waals surface area contributed by atoms with Gasteiger partial charge in [-0.15, -0.1) is 0 Å². The number of ether oxygens (including phenoxy) is 1. The molecule has 0 aliphatic carbocycles. The Kier molecular flexibility index (Phi) is 5.85. The number of rotatable bonds is 3. The van der Waals surface area contributed by atoms with E-state index in [4.69, 9.17) is 28.6 Å². The number of hydrogen-bond acceptors (Lipinski definition) is 3. The first kappa shape index (κ1) is 15.5. The fraction of sp³-hybridized carbons (Fsp3) is 0.333. The van der Waals surface area contributed by atoms with Gasteiger partial charge in [0.25, 0.3) is 5.91 Å². The maximum absolute atomic E-state index is 11.7. The van der Waals surface area contributed by atoms with E-state index in [0.717, 1.165) is 5.56 Å². The highest BCUT2D eigenvalue weighted by Gasteiger charge is 2.14. The molecular formula is C12H16ClN3O2S. The lowest BCUT2D eigenvalue weighted by molar-refractivity contribution is -0.127. The summed E-state index contributed by atoms with van der Waals surface area (Å²) in [5.41, 5.74) is 5.86. The van der Waals surface area contributed by atoms with Crippen molar-refractivity contribution in [1.82, 2.24) is 16.2 Å². The van der Waals surface area contributed by atoms with Gasteiger partial charge in [-0.05, 0) is 49.8 Å². The standard InChI is InChI=1S/C12H16ClN3O2S/c1-7-6-9(4-5-10(7)13)18-8(2)11(17)15-16-12(19)14-3/h4-6,8H,1-3H3,(H,15,17)(H2,14,16,19). The minimum Gasteiger partial charge on any atom is -0.481 e. The Balaban J connectivity index is 2.53. The molecule has 104 valence electrons. The number of hydrogen-bond donors (Lipinski definition) is 3. The third-order valence-corrected chi connectivity index (χ3v) is 3.07. The average molecular weight is 302 g/mol. The van der Waals surface area contributed by atoms with Gasteiger partial charge in [-0.2, -0.15) is 0 Å². The largest absolute Gasteiger partial charge is 0.481 e. The lowest BCUT2D eigenvalue weighted by Gasteiger charge is -2.16. The summed E-state index contributed by atoms with van der Waals surface area (Å²) in [5.74, 6) is 0.256. The Hall–Kier alpha value is -1.53. The molecule has 0 aliphatic rings. The second-order valence-electron chi connectivity index (χ2n) is 3.86. The van der Waals surface area contributed by atoms with Gasteiger partial charge < -0.3 is 10.1 Å². The van der Waals surface area contributed by atoms with Gasteiger partial charge in [-0.3, -0.25) is 15.6 Å². The summed E-state index contributed by atoms with van der Waals surface area (Å²) in [6.07, 6.45) is -0.660. The van der Waals surface area contributed by atoms with Gasteiger partial charge in [0.2, 0.25) is 0 Å². The molecule has 0 aromatic heterocycles. The van der Waals surface area contributed by atoms with Crippen molar-refractivity contribution in [2.45, 2.75) is 20.0 Å². The van der Waals surface area contributed by atoms with Gasteiger partial charge in [0.05, 0.1) is 0 Å². The van der Waals surface area contributed by atoms with E-state index >= 15 is 0 Å². The van der Waals surface area contributed by atoms with Gasteiger partial charge in [0.15, 0.2) is 11.2 Å². The molecule has 1 amide bonds. The van der Waals surface area contributed by atoms with Gasteiger partial charge in [0.1, 0.15) is 5.75 Å². The zero-order chi connectivity index (χ0) is 14.4. The van der Waals surface area contributed by atoms with Crippen LogP contribution in [0.1, 0.15) is 12.5 Å². The van der Waals surface area contributed by atoms with Gasteiger partial charge in [-0.25, -0.2) is 0 Å². The van der Waals surface area contributed by atoms with Crippen LogP contribution >= 0.6 is 23.8 Å². The number of thiocarbonyl (C=S) groups is 1. The molecule has 1 unspecified atom stereocenters. The highest BCUT2D eigenvalue weighted by molar-refractivity contribution is 7.80. The number of nitrogens with one attached hydrogen (secondary N) is 3. The molecule has 3 N–H and O–H groups in total. The van der Waals surface area contributed by atoms with E-state index < -0.39 is 6.10 Å². The molecule has 1 rings (SSSR count). The summed E-state index contributed by atoms with van der Waals surface area (Å²) in [5, 5.41) is 3.65. The SMILES string of the molecule is CNC(=S)NNC(=O)C(C)Oc1ccc(Cl)c(C)c1. The predicted octanol–water partition coefficient (Wildman–Crippen LogP) is 1.54. The van der Waals surface area contributed by atoms with E-state index in [0.29, 0.717) is 15.9 Å². The van der Waals surface area contributed by atoms with Crippen molar-refractivity contribution in [2.24, 2.45) is 0 Å². The molecular weight excluding hydrogens is 286 g/mol.